The first kappa shape index (κ1) is 34.1. The van der Waals surface area contributed by atoms with Crippen LogP contribution >= 0.6 is 11.6 Å². The molecule has 4 aromatic carbocycles. The van der Waals surface area contributed by atoms with Crippen molar-refractivity contribution in [1.82, 2.24) is 10.2 Å². The summed E-state index contributed by atoms with van der Waals surface area (Å²) >= 11 is 6.06. The number of hydrogen-bond donors (Lipinski definition) is 1. The molecule has 4 aromatic rings. The highest BCUT2D eigenvalue weighted by molar-refractivity contribution is 7.92. The molecule has 1 N–H and O–H groups in total. The second-order valence-electron chi connectivity index (χ2n) is 12.0. The summed E-state index contributed by atoms with van der Waals surface area (Å²) in [6, 6.07) is 26.8. The number of halogens is 2. The van der Waals surface area contributed by atoms with Gasteiger partial charge in [0.2, 0.25) is 11.8 Å². The Hall–Kier alpha value is -4.21. The molecule has 7 nitrogen and oxygen atoms in total. The minimum absolute atomic E-state index is 0.00774. The highest BCUT2D eigenvalue weighted by atomic mass is 35.5. The Morgan fingerprint density at radius 2 is 1.49 bits per heavy atom. The van der Waals surface area contributed by atoms with Crippen LogP contribution in [0.15, 0.2) is 108 Å². The van der Waals surface area contributed by atoms with Gasteiger partial charge >= 0.3 is 0 Å². The van der Waals surface area contributed by atoms with Gasteiger partial charge in [-0.3, -0.25) is 13.9 Å². The quantitative estimate of drug-likeness (QED) is 0.174. The fourth-order valence-electron chi connectivity index (χ4n) is 5.86. The van der Waals surface area contributed by atoms with Crippen LogP contribution in [0.4, 0.5) is 10.1 Å². The molecule has 0 aliphatic heterocycles. The molecule has 1 aliphatic carbocycles. The molecule has 1 fully saturated rings. The van der Waals surface area contributed by atoms with E-state index in [4.69, 9.17) is 11.6 Å². The molecule has 1 saturated carbocycles. The van der Waals surface area contributed by atoms with E-state index >= 15 is 0 Å². The van der Waals surface area contributed by atoms with Gasteiger partial charge in [0.05, 0.1) is 10.6 Å². The minimum Gasteiger partial charge on any atom is -0.352 e. The lowest BCUT2D eigenvalue weighted by Gasteiger charge is -2.35. The fraction of sp³-hybridized carbons (Fsp3) is 0.297. The Bertz CT molecular complexity index is 1750. The Labute approximate surface area is 281 Å². The first-order valence-electron chi connectivity index (χ1n) is 15.8. The Balaban J connectivity index is 1.55. The van der Waals surface area contributed by atoms with E-state index in [2.05, 4.69) is 5.32 Å². The smallest absolute Gasteiger partial charge is 0.264 e. The van der Waals surface area contributed by atoms with Gasteiger partial charge in [0.1, 0.15) is 18.4 Å². The summed E-state index contributed by atoms with van der Waals surface area (Å²) in [5.41, 5.74) is 2.67. The van der Waals surface area contributed by atoms with Gasteiger partial charge in [-0.1, -0.05) is 91.0 Å². The van der Waals surface area contributed by atoms with Crippen molar-refractivity contribution in [3.63, 3.8) is 0 Å². The first-order chi connectivity index (χ1) is 22.6. The third-order valence-corrected chi connectivity index (χ3v) is 10.5. The van der Waals surface area contributed by atoms with Crippen molar-refractivity contribution in [2.75, 3.05) is 10.8 Å². The van der Waals surface area contributed by atoms with Crippen molar-refractivity contribution in [3.8, 4) is 0 Å². The molecule has 0 heterocycles. The normalized spacial score (nSPS) is 14.3. The predicted octanol–water partition coefficient (Wildman–Crippen LogP) is 7.07. The standard InChI is InChI=1S/C37H39ClFN3O4S/c1-27-12-20-33(21-13-27)42(47(45,46)34-22-16-30(38)17-23-34)26-36(43)41(25-29-14-18-31(39)19-15-29)35(24-28-8-4-2-5-9-28)37(44)40-32-10-6-3-7-11-32/h2,4-5,8-9,12-23,32,35H,3,6-7,10-11,24-26H2,1H3,(H,40,44)/t35-/m1/s1. The molecule has 0 saturated heterocycles. The maximum Gasteiger partial charge on any atom is 0.264 e. The average Bonchev–Trinajstić information content (AvgIpc) is 3.07. The van der Waals surface area contributed by atoms with Gasteiger partial charge in [-0.2, -0.15) is 0 Å². The van der Waals surface area contributed by atoms with E-state index in [1.807, 2.05) is 37.3 Å². The van der Waals surface area contributed by atoms with Gasteiger partial charge in [-0.05, 0) is 79.4 Å². The molecule has 47 heavy (non-hydrogen) atoms. The molecule has 0 unspecified atom stereocenters. The third kappa shape index (κ3) is 8.99. The van der Waals surface area contributed by atoms with Gasteiger partial charge in [0.25, 0.3) is 10.0 Å². The number of nitrogens with zero attached hydrogens (tertiary/aromatic N) is 2. The van der Waals surface area contributed by atoms with Crippen molar-refractivity contribution in [2.45, 2.75) is 69.0 Å². The van der Waals surface area contributed by atoms with Crippen LogP contribution in [0.2, 0.25) is 5.02 Å². The summed E-state index contributed by atoms with van der Waals surface area (Å²) in [4.78, 5) is 30.1. The number of sulfonamides is 1. The molecular weight excluding hydrogens is 637 g/mol. The number of rotatable bonds is 12. The fourth-order valence-corrected chi connectivity index (χ4v) is 7.40. The largest absolute Gasteiger partial charge is 0.352 e. The maximum absolute atomic E-state index is 14.6. The van der Waals surface area contributed by atoms with E-state index in [9.17, 15) is 22.4 Å². The number of carbonyl (C=O) groups is 2. The van der Waals surface area contributed by atoms with Crippen LogP contribution in [-0.4, -0.2) is 43.8 Å². The maximum atomic E-state index is 14.6. The van der Waals surface area contributed by atoms with Gasteiger partial charge in [0.15, 0.2) is 0 Å². The SMILES string of the molecule is Cc1ccc(N(CC(=O)N(Cc2ccc(F)cc2)[C@H](Cc2ccccc2)C(=O)NC2CCCCC2)S(=O)(=O)c2ccc(Cl)cc2)cc1. The van der Waals surface area contributed by atoms with E-state index in [0.29, 0.717) is 16.3 Å². The zero-order valence-corrected chi connectivity index (χ0v) is 27.9. The molecule has 0 radical (unpaired) electrons. The summed E-state index contributed by atoms with van der Waals surface area (Å²) in [6.07, 6.45) is 5.07. The van der Waals surface area contributed by atoms with E-state index in [1.54, 1.807) is 36.4 Å². The minimum atomic E-state index is -4.24. The molecule has 0 bridgehead atoms. The molecule has 2 amide bonds. The summed E-state index contributed by atoms with van der Waals surface area (Å²) in [5, 5.41) is 3.56. The first-order valence-corrected chi connectivity index (χ1v) is 17.6. The highest BCUT2D eigenvalue weighted by Gasteiger charge is 2.35. The van der Waals surface area contributed by atoms with Crippen LogP contribution in [0.1, 0.15) is 48.8 Å². The van der Waals surface area contributed by atoms with Gasteiger partial charge < -0.3 is 10.2 Å². The Morgan fingerprint density at radius 3 is 2.13 bits per heavy atom. The second-order valence-corrected chi connectivity index (χ2v) is 14.3. The lowest BCUT2D eigenvalue weighted by molar-refractivity contribution is -0.140. The molecule has 10 heteroatoms. The van der Waals surface area contributed by atoms with Crippen LogP contribution in [-0.2, 0) is 32.6 Å². The Kier molecular flexibility index (Phi) is 11.3. The van der Waals surface area contributed by atoms with E-state index < -0.39 is 34.3 Å². The van der Waals surface area contributed by atoms with Gasteiger partial charge in [0, 0.05) is 24.0 Å². The van der Waals surface area contributed by atoms with Crippen LogP contribution < -0.4 is 9.62 Å². The monoisotopic (exact) mass is 675 g/mol. The van der Waals surface area contributed by atoms with Crippen molar-refractivity contribution in [1.29, 1.82) is 0 Å². The van der Waals surface area contributed by atoms with Crippen molar-refractivity contribution < 1.29 is 22.4 Å². The summed E-state index contributed by atoms with van der Waals surface area (Å²) in [5.74, 6) is -1.31. The molecule has 1 atom stereocenters. The zero-order valence-electron chi connectivity index (χ0n) is 26.3. The van der Waals surface area contributed by atoms with E-state index in [1.165, 1.54) is 41.3 Å². The van der Waals surface area contributed by atoms with Crippen LogP contribution in [0.25, 0.3) is 0 Å². The van der Waals surface area contributed by atoms with E-state index in [-0.39, 0.29) is 29.8 Å². The summed E-state index contributed by atoms with van der Waals surface area (Å²) < 4.78 is 43.2. The topological polar surface area (TPSA) is 86.8 Å². The van der Waals surface area contributed by atoms with Crippen molar-refractivity contribution >= 4 is 39.1 Å². The van der Waals surface area contributed by atoms with Gasteiger partial charge in [-0.25, -0.2) is 12.8 Å². The zero-order chi connectivity index (χ0) is 33.4. The summed E-state index contributed by atoms with van der Waals surface area (Å²) in [6.45, 7) is 1.28. The number of aryl methyl sites for hydroxylation is 1. The van der Waals surface area contributed by atoms with Gasteiger partial charge in [-0.15, -0.1) is 0 Å². The number of amides is 2. The average molecular weight is 676 g/mol. The molecule has 5 rings (SSSR count). The predicted molar refractivity (Wildman–Crippen MR) is 183 cm³/mol. The second kappa shape index (κ2) is 15.6. The number of nitrogens with one attached hydrogen (secondary N) is 1. The van der Waals surface area contributed by atoms with Crippen molar-refractivity contribution in [2.24, 2.45) is 0 Å². The molecule has 246 valence electrons. The van der Waals surface area contributed by atoms with Crippen molar-refractivity contribution in [3.05, 3.63) is 131 Å². The summed E-state index contributed by atoms with van der Waals surface area (Å²) in [7, 11) is -4.24. The molecule has 0 aromatic heterocycles. The molecule has 1 aliphatic rings. The lowest BCUT2D eigenvalue weighted by atomic mass is 9.94. The Morgan fingerprint density at radius 1 is 0.851 bits per heavy atom. The molecule has 0 spiro atoms. The number of carbonyl (C=O) groups excluding carboxylic acids is 2. The number of benzene rings is 4. The highest BCUT2D eigenvalue weighted by Crippen LogP contribution is 2.27. The lowest BCUT2D eigenvalue weighted by Crippen LogP contribution is -2.55. The number of hydrogen-bond acceptors (Lipinski definition) is 4. The number of anilines is 1. The third-order valence-electron chi connectivity index (χ3n) is 8.49. The van der Waals surface area contributed by atoms with E-state index in [0.717, 1.165) is 47.5 Å². The van der Waals surface area contributed by atoms with Crippen LogP contribution in [0.5, 0.6) is 0 Å². The van der Waals surface area contributed by atoms with Crippen LogP contribution in [0, 0.1) is 12.7 Å². The molecular formula is C37H39ClFN3O4S. The van der Waals surface area contributed by atoms with Crippen LogP contribution in [0.3, 0.4) is 0 Å².